The van der Waals surface area contributed by atoms with Gasteiger partial charge in [0.15, 0.2) is 0 Å². The molecule has 4 heteroatoms. The highest BCUT2D eigenvalue weighted by Crippen LogP contribution is 2.16. The van der Waals surface area contributed by atoms with E-state index in [9.17, 15) is 0 Å². The van der Waals surface area contributed by atoms with Crippen molar-refractivity contribution in [1.29, 1.82) is 0 Å². The minimum atomic E-state index is 0.387. The molecular formula is C14H26N2O2. The number of aryl methyl sites for hydroxylation is 1. The summed E-state index contributed by atoms with van der Waals surface area (Å²) in [6, 6.07) is 2.53. The van der Waals surface area contributed by atoms with Gasteiger partial charge < -0.3 is 14.5 Å². The summed E-state index contributed by atoms with van der Waals surface area (Å²) >= 11 is 0. The van der Waals surface area contributed by atoms with Crippen LogP contribution >= 0.6 is 0 Å². The molecule has 1 atom stereocenters. The van der Waals surface area contributed by atoms with E-state index in [0.29, 0.717) is 6.04 Å². The van der Waals surface area contributed by atoms with Gasteiger partial charge in [-0.05, 0) is 33.5 Å². The molecule has 1 heterocycles. The van der Waals surface area contributed by atoms with E-state index in [1.165, 1.54) is 5.56 Å². The second kappa shape index (κ2) is 7.56. The molecule has 4 nitrogen and oxygen atoms in total. The summed E-state index contributed by atoms with van der Waals surface area (Å²) in [5.41, 5.74) is 1.25. The van der Waals surface area contributed by atoms with Crippen molar-refractivity contribution >= 4 is 0 Å². The van der Waals surface area contributed by atoms with Gasteiger partial charge in [-0.2, -0.15) is 0 Å². The molecule has 0 spiro atoms. The Morgan fingerprint density at radius 1 is 1.50 bits per heavy atom. The number of methoxy groups -OCH3 is 1. The lowest BCUT2D eigenvalue weighted by Gasteiger charge is -2.22. The van der Waals surface area contributed by atoms with Crippen molar-refractivity contribution < 1.29 is 9.15 Å². The van der Waals surface area contributed by atoms with Gasteiger partial charge in [-0.1, -0.05) is 6.92 Å². The maximum Gasteiger partial charge on any atom is 0.118 e. The summed E-state index contributed by atoms with van der Waals surface area (Å²) in [5.74, 6) is 2.03. The molecule has 1 unspecified atom stereocenters. The Morgan fingerprint density at radius 2 is 2.22 bits per heavy atom. The molecule has 0 fully saturated rings. The molecule has 0 aliphatic heterocycles. The van der Waals surface area contributed by atoms with Gasteiger partial charge in [0.2, 0.25) is 0 Å². The van der Waals surface area contributed by atoms with Crippen molar-refractivity contribution in [3.05, 3.63) is 23.2 Å². The topological polar surface area (TPSA) is 37.6 Å². The van der Waals surface area contributed by atoms with Gasteiger partial charge in [-0.15, -0.1) is 0 Å². The minimum Gasteiger partial charge on any atom is -0.465 e. The average molecular weight is 254 g/mol. The fourth-order valence-corrected chi connectivity index (χ4v) is 1.87. The average Bonchev–Trinajstić information content (AvgIpc) is 2.67. The van der Waals surface area contributed by atoms with Crippen LogP contribution in [0.5, 0.6) is 0 Å². The van der Waals surface area contributed by atoms with Crippen molar-refractivity contribution in [3.63, 3.8) is 0 Å². The van der Waals surface area contributed by atoms with Crippen molar-refractivity contribution in [1.82, 2.24) is 10.2 Å². The van der Waals surface area contributed by atoms with Gasteiger partial charge in [0.1, 0.15) is 11.5 Å². The van der Waals surface area contributed by atoms with Crippen LogP contribution in [0.4, 0.5) is 0 Å². The molecule has 0 aromatic carbocycles. The summed E-state index contributed by atoms with van der Waals surface area (Å²) in [5, 5.41) is 3.32. The van der Waals surface area contributed by atoms with E-state index in [1.54, 1.807) is 7.11 Å². The predicted molar refractivity (Wildman–Crippen MR) is 73.6 cm³/mol. The van der Waals surface area contributed by atoms with Gasteiger partial charge >= 0.3 is 0 Å². The molecule has 0 aliphatic rings. The normalized spacial score (nSPS) is 13.2. The van der Waals surface area contributed by atoms with Gasteiger partial charge in [-0.3, -0.25) is 4.90 Å². The number of nitrogens with zero attached hydrogens (tertiary/aromatic N) is 1. The van der Waals surface area contributed by atoms with Crippen molar-refractivity contribution in [2.24, 2.45) is 0 Å². The van der Waals surface area contributed by atoms with Crippen LogP contribution in [-0.2, 0) is 17.8 Å². The predicted octanol–water partition coefficient (Wildman–Crippen LogP) is 2.16. The summed E-state index contributed by atoms with van der Waals surface area (Å²) < 4.78 is 11.0. The monoisotopic (exact) mass is 254 g/mol. The van der Waals surface area contributed by atoms with E-state index >= 15 is 0 Å². The van der Waals surface area contributed by atoms with Gasteiger partial charge in [0.05, 0.1) is 13.2 Å². The maximum atomic E-state index is 5.79. The number of nitrogens with one attached hydrogen (secondary N) is 1. The summed E-state index contributed by atoms with van der Waals surface area (Å²) in [7, 11) is 3.82. The Balaban J connectivity index is 2.56. The first kappa shape index (κ1) is 15.2. The van der Waals surface area contributed by atoms with Crippen LogP contribution in [0.25, 0.3) is 0 Å². The highest BCUT2D eigenvalue weighted by Gasteiger charge is 2.13. The Morgan fingerprint density at radius 3 is 2.83 bits per heavy atom. The summed E-state index contributed by atoms with van der Waals surface area (Å²) in [6.45, 7) is 9.69. The number of furan rings is 1. The molecule has 0 saturated heterocycles. The zero-order chi connectivity index (χ0) is 13.5. The third kappa shape index (κ3) is 4.44. The molecule has 0 saturated carbocycles. The van der Waals surface area contributed by atoms with Gasteiger partial charge in [0, 0.05) is 25.3 Å². The van der Waals surface area contributed by atoms with Crippen LogP contribution < -0.4 is 5.32 Å². The van der Waals surface area contributed by atoms with Gasteiger partial charge in [-0.25, -0.2) is 0 Å². The number of hydrogen-bond donors (Lipinski definition) is 1. The fourth-order valence-electron chi connectivity index (χ4n) is 1.87. The number of ether oxygens (including phenoxy) is 1. The second-order valence-electron chi connectivity index (χ2n) is 4.79. The van der Waals surface area contributed by atoms with E-state index in [2.05, 4.69) is 37.2 Å². The molecule has 1 N–H and O–H groups in total. The van der Waals surface area contributed by atoms with Crippen molar-refractivity contribution in [2.45, 2.75) is 39.9 Å². The number of likely N-dealkylation sites (N-methyl/N-ethyl adjacent to an activating group) is 1. The van der Waals surface area contributed by atoms with E-state index in [-0.39, 0.29) is 0 Å². The zero-order valence-electron chi connectivity index (χ0n) is 12.2. The van der Waals surface area contributed by atoms with Crippen LogP contribution in [0.15, 0.2) is 10.5 Å². The fraction of sp³-hybridized carbons (Fsp3) is 0.714. The maximum absolute atomic E-state index is 5.79. The Labute approximate surface area is 110 Å². The first-order chi connectivity index (χ1) is 8.58. The van der Waals surface area contributed by atoms with E-state index in [0.717, 1.165) is 37.8 Å². The molecular weight excluding hydrogens is 228 g/mol. The lowest BCUT2D eigenvalue weighted by molar-refractivity contribution is 0.107. The van der Waals surface area contributed by atoms with Crippen LogP contribution in [-0.4, -0.2) is 38.3 Å². The molecule has 18 heavy (non-hydrogen) atoms. The lowest BCUT2D eigenvalue weighted by atomic mass is 10.2. The highest BCUT2D eigenvalue weighted by atomic mass is 16.5. The van der Waals surface area contributed by atoms with Crippen LogP contribution in [0.1, 0.15) is 30.9 Å². The Kier molecular flexibility index (Phi) is 6.39. The quantitative estimate of drug-likeness (QED) is 0.771. The van der Waals surface area contributed by atoms with Crippen molar-refractivity contribution in [2.75, 3.05) is 27.3 Å². The standard InChI is InChI=1S/C14H26N2O2/c1-6-15-8-13-7-14(18-12(13)3)9-16(4)11(2)10-17-5/h7,11,15H,6,8-10H2,1-5H3. The minimum absolute atomic E-state index is 0.387. The first-order valence-corrected chi connectivity index (χ1v) is 6.56. The highest BCUT2D eigenvalue weighted by molar-refractivity contribution is 5.20. The molecule has 1 rings (SSSR count). The van der Waals surface area contributed by atoms with E-state index < -0.39 is 0 Å². The summed E-state index contributed by atoms with van der Waals surface area (Å²) in [4.78, 5) is 2.23. The number of hydrogen-bond acceptors (Lipinski definition) is 4. The molecule has 0 amide bonds. The van der Waals surface area contributed by atoms with Crippen LogP contribution in [0.3, 0.4) is 0 Å². The second-order valence-corrected chi connectivity index (χ2v) is 4.79. The molecule has 1 aromatic rings. The first-order valence-electron chi connectivity index (χ1n) is 6.56. The van der Waals surface area contributed by atoms with Gasteiger partial charge in [0.25, 0.3) is 0 Å². The lowest BCUT2D eigenvalue weighted by Crippen LogP contribution is -2.32. The zero-order valence-corrected chi connectivity index (χ0v) is 12.2. The number of rotatable bonds is 8. The molecule has 104 valence electrons. The Hall–Kier alpha value is -0.840. The molecule has 1 aromatic heterocycles. The summed E-state index contributed by atoms with van der Waals surface area (Å²) in [6.07, 6.45) is 0. The third-order valence-corrected chi connectivity index (χ3v) is 3.20. The molecule has 0 radical (unpaired) electrons. The van der Waals surface area contributed by atoms with Crippen LogP contribution in [0.2, 0.25) is 0 Å². The Bertz CT molecular complexity index is 350. The van der Waals surface area contributed by atoms with Crippen molar-refractivity contribution in [3.8, 4) is 0 Å². The SMILES string of the molecule is CCNCc1cc(CN(C)C(C)COC)oc1C. The molecule has 0 bridgehead atoms. The molecule has 0 aliphatic carbocycles. The van der Waals surface area contributed by atoms with Crippen LogP contribution in [0, 0.1) is 6.92 Å². The van der Waals surface area contributed by atoms with E-state index in [4.69, 9.17) is 9.15 Å². The third-order valence-electron chi connectivity index (χ3n) is 3.20. The van der Waals surface area contributed by atoms with E-state index in [1.807, 2.05) is 6.92 Å². The smallest absolute Gasteiger partial charge is 0.118 e. The largest absolute Gasteiger partial charge is 0.465 e.